The lowest BCUT2D eigenvalue weighted by Gasteiger charge is -2.20. The van der Waals surface area contributed by atoms with Gasteiger partial charge in [-0.15, -0.1) is 0 Å². The number of hydrogen-bond acceptors (Lipinski definition) is 2. The lowest BCUT2D eigenvalue weighted by atomic mass is 10.1. The molecular formula is C16H28N4. The molecule has 0 aromatic heterocycles. The molecule has 0 spiro atoms. The third kappa shape index (κ3) is 6.45. The summed E-state index contributed by atoms with van der Waals surface area (Å²) in [5.41, 5.74) is 1.23. The third-order valence-corrected chi connectivity index (χ3v) is 3.17. The molecular weight excluding hydrogens is 248 g/mol. The fraction of sp³-hybridized carbons (Fsp3) is 0.562. The fourth-order valence-electron chi connectivity index (χ4n) is 1.85. The Balaban J connectivity index is 2.24. The van der Waals surface area contributed by atoms with E-state index in [1.54, 1.807) is 0 Å². The SMILES string of the molecule is CN=C(NCCC(C)C)NCCN(C)c1ccccc1. The number of para-hydroxylation sites is 1. The topological polar surface area (TPSA) is 39.7 Å². The lowest BCUT2D eigenvalue weighted by molar-refractivity contribution is 0.573. The number of rotatable bonds is 7. The standard InChI is InChI=1S/C16H28N4/c1-14(2)10-11-18-16(17-3)19-12-13-20(4)15-8-6-5-7-9-15/h5-9,14H,10-13H2,1-4H3,(H2,17,18,19). The molecule has 0 aliphatic heterocycles. The summed E-state index contributed by atoms with van der Waals surface area (Å²) in [7, 11) is 3.91. The molecule has 0 saturated carbocycles. The maximum Gasteiger partial charge on any atom is 0.191 e. The van der Waals surface area contributed by atoms with E-state index in [0.717, 1.165) is 32.0 Å². The minimum Gasteiger partial charge on any atom is -0.373 e. The van der Waals surface area contributed by atoms with Crippen molar-refractivity contribution in [2.75, 3.05) is 38.6 Å². The van der Waals surface area contributed by atoms with Crippen LogP contribution in [0.2, 0.25) is 0 Å². The maximum absolute atomic E-state index is 4.23. The van der Waals surface area contributed by atoms with Gasteiger partial charge >= 0.3 is 0 Å². The molecule has 0 aliphatic carbocycles. The Morgan fingerprint density at radius 3 is 2.40 bits per heavy atom. The van der Waals surface area contributed by atoms with Crippen molar-refractivity contribution in [1.29, 1.82) is 0 Å². The van der Waals surface area contributed by atoms with Crippen molar-refractivity contribution in [2.24, 2.45) is 10.9 Å². The molecule has 4 nitrogen and oxygen atoms in total. The van der Waals surface area contributed by atoms with Gasteiger partial charge in [0, 0.05) is 39.4 Å². The smallest absolute Gasteiger partial charge is 0.191 e. The van der Waals surface area contributed by atoms with Gasteiger partial charge in [0.25, 0.3) is 0 Å². The summed E-state index contributed by atoms with van der Waals surface area (Å²) < 4.78 is 0. The molecule has 0 bridgehead atoms. The van der Waals surface area contributed by atoms with Crippen LogP contribution < -0.4 is 15.5 Å². The van der Waals surface area contributed by atoms with E-state index in [2.05, 4.69) is 65.7 Å². The second-order valence-electron chi connectivity index (χ2n) is 5.37. The predicted octanol–water partition coefficient (Wildman–Crippen LogP) is 2.33. The summed E-state index contributed by atoms with van der Waals surface area (Å²) in [6.45, 7) is 7.23. The molecule has 0 unspecified atom stereocenters. The van der Waals surface area contributed by atoms with Crippen LogP contribution in [0.25, 0.3) is 0 Å². The van der Waals surface area contributed by atoms with Crippen LogP contribution >= 0.6 is 0 Å². The molecule has 4 heteroatoms. The summed E-state index contributed by atoms with van der Waals surface area (Å²) in [6, 6.07) is 10.4. The van der Waals surface area contributed by atoms with E-state index in [1.807, 2.05) is 13.1 Å². The third-order valence-electron chi connectivity index (χ3n) is 3.17. The van der Waals surface area contributed by atoms with Crippen LogP contribution in [-0.2, 0) is 0 Å². The number of hydrogen-bond donors (Lipinski definition) is 2. The van der Waals surface area contributed by atoms with Gasteiger partial charge in [0.2, 0.25) is 0 Å². The summed E-state index contributed by atoms with van der Waals surface area (Å²) >= 11 is 0. The second-order valence-corrected chi connectivity index (χ2v) is 5.37. The Morgan fingerprint density at radius 1 is 1.15 bits per heavy atom. The lowest BCUT2D eigenvalue weighted by Crippen LogP contribution is -2.41. The summed E-state index contributed by atoms with van der Waals surface area (Å²) in [6.07, 6.45) is 1.16. The molecule has 0 fully saturated rings. The minimum atomic E-state index is 0.713. The number of guanidine groups is 1. The van der Waals surface area contributed by atoms with Crippen molar-refractivity contribution in [1.82, 2.24) is 10.6 Å². The van der Waals surface area contributed by atoms with Gasteiger partial charge in [-0.05, 0) is 24.5 Å². The van der Waals surface area contributed by atoms with Crippen LogP contribution in [0, 0.1) is 5.92 Å². The maximum atomic E-state index is 4.23. The van der Waals surface area contributed by atoms with E-state index >= 15 is 0 Å². The van der Waals surface area contributed by atoms with Gasteiger partial charge in [0.1, 0.15) is 0 Å². The Kier molecular flexibility index (Phi) is 7.55. The van der Waals surface area contributed by atoms with Crippen molar-refractivity contribution < 1.29 is 0 Å². The first-order valence-electron chi connectivity index (χ1n) is 7.34. The molecule has 112 valence electrons. The highest BCUT2D eigenvalue weighted by Crippen LogP contribution is 2.09. The predicted molar refractivity (Wildman–Crippen MR) is 88.5 cm³/mol. The summed E-state index contributed by atoms with van der Waals surface area (Å²) in [5, 5.41) is 6.68. The van der Waals surface area contributed by atoms with E-state index in [1.165, 1.54) is 5.69 Å². The highest BCUT2D eigenvalue weighted by molar-refractivity contribution is 5.79. The number of anilines is 1. The number of nitrogens with zero attached hydrogens (tertiary/aromatic N) is 2. The largest absolute Gasteiger partial charge is 0.373 e. The van der Waals surface area contributed by atoms with Gasteiger partial charge in [-0.2, -0.15) is 0 Å². The van der Waals surface area contributed by atoms with Crippen LogP contribution in [0.4, 0.5) is 5.69 Å². The van der Waals surface area contributed by atoms with E-state index in [4.69, 9.17) is 0 Å². The van der Waals surface area contributed by atoms with Crippen LogP contribution in [0.1, 0.15) is 20.3 Å². The minimum absolute atomic E-state index is 0.713. The summed E-state index contributed by atoms with van der Waals surface area (Å²) in [4.78, 5) is 6.46. The number of aliphatic imine (C=N–C) groups is 1. The van der Waals surface area contributed by atoms with Crippen LogP contribution in [0.3, 0.4) is 0 Å². The van der Waals surface area contributed by atoms with Crippen molar-refractivity contribution in [3.8, 4) is 0 Å². The van der Waals surface area contributed by atoms with Gasteiger partial charge in [-0.3, -0.25) is 4.99 Å². The zero-order valence-corrected chi connectivity index (χ0v) is 13.2. The van der Waals surface area contributed by atoms with E-state index in [9.17, 15) is 0 Å². The molecule has 0 atom stereocenters. The first-order valence-corrected chi connectivity index (χ1v) is 7.34. The van der Waals surface area contributed by atoms with E-state index < -0.39 is 0 Å². The molecule has 1 aromatic carbocycles. The Hall–Kier alpha value is -1.71. The first-order chi connectivity index (χ1) is 9.63. The molecule has 0 amide bonds. The molecule has 1 aromatic rings. The van der Waals surface area contributed by atoms with Gasteiger partial charge < -0.3 is 15.5 Å². The fourth-order valence-corrected chi connectivity index (χ4v) is 1.85. The highest BCUT2D eigenvalue weighted by atomic mass is 15.2. The average molecular weight is 276 g/mol. The first kappa shape index (κ1) is 16.3. The van der Waals surface area contributed by atoms with Gasteiger partial charge in [0.15, 0.2) is 5.96 Å². The van der Waals surface area contributed by atoms with Crippen molar-refractivity contribution in [3.63, 3.8) is 0 Å². The quantitative estimate of drug-likeness (QED) is 0.593. The number of benzene rings is 1. The van der Waals surface area contributed by atoms with Crippen LogP contribution in [0.15, 0.2) is 35.3 Å². The van der Waals surface area contributed by atoms with Crippen LogP contribution in [0.5, 0.6) is 0 Å². The molecule has 0 heterocycles. The number of likely N-dealkylation sites (N-methyl/N-ethyl adjacent to an activating group) is 1. The van der Waals surface area contributed by atoms with E-state index in [-0.39, 0.29) is 0 Å². The van der Waals surface area contributed by atoms with Crippen molar-refractivity contribution >= 4 is 11.6 Å². The Bertz CT molecular complexity index is 387. The zero-order valence-electron chi connectivity index (χ0n) is 13.2. The Labute approximate surface area is 123 Å². The van der Waals surface area contributed by atoms with E-state index in [0.29, 0.717) is 5.92 Å². The average Bonchev–Trinajstić information content (AvgIpc) is 2.46. The summed E-state index contributed by atoms with van der Waals surface area (Å²) in [5.74, 6) is 1.59. The normalized spacial score (nSPS) is 11.6. The molecule has 20 heavy (non-hydrogen) atoms. The van der Waals surface area contributed by atoms with Crippen molar-refractivity contribution in [2.45, 2.75) is 20.3 Å². The Morgan fingerprint density at radius 2 is 1.80 bits per heavy atom. The second kappa shape index (κ2) is 9.23. The molecule has 0 saturated heterocycles. The molecule has 0 radical (unpaired) electrons. The molecule has 0 aliphatic rings. The van der Waals surface area contributed by atoms with Crippen molar-refractivity contribution in [3.05, 3.63) is 30.3 Å². The van der Waals surface area contributed by atoms with Crippen LogP contribution in [-0.4, -0.2) is 39.7 Å². The molecule has 1 rings (SSSR count). The van der Waals surface area contributed by atoms with Gasteiger partial charge in [0.05, 0.1) is 0 Å². The monoisotopic (exact) mass is 276 g/mol. The highest BCUT2D eigenvalue weighted by Gasteiger charge is 2.01. The number of nitrogens with one attached hydrogen (secondary N) is 2. The van der Waals surface area contributed by atoms with Gasteiger partial charge in [-0.1, -0.05) is 32.0 Å². The van der Waals surface area contributed by atoms with Gasteiger partial charge in [-0.25, -0.2) is 0 Å². The zero-order chi connectivity index (χ0) is 14.8. The molecule has 2 N–H and O–H groups in total.